The molecule has 0 aliphatic carbocycles. The number of halogens is 3. The van der Waals surface area contributed by atoms with E-state index in [4.69, 9.17) is 4.74 Å². The summed E-state index contributed by atoms with van der Waals surface area (Å²) in [5.74, 6) is 0.134. The van der Waals surface area contributed by atoms with Gasteiger partial charge in [-0.2, -0.15) is 13.2 Å². The highest BCUT2D eigenvalue weighted by molar-refractivity contribution is 5.15. The van der Waals surface area contributed by atoms with Crippen LogP contribution in [0.5, 0.6) is 5.88 Å². The maximum atomic E-state index is 12.3. The largest absolute Gasteiger partial charge is 0.474 e. The van der Waals surface area contributed by atoms with E-state index in [1.807, 2.05) is 0 Å². The average Bonchev–Trinajstić information content (AvgIpc) is 2.99. The first-order valence-corrected chi connectivity index (χ1v) is 6.52. The Morgan fingerprint density at radius 3 is 2.85 bits per heavy atom. The van der Waals surface area contributed by atoms with Gasteiger partial charge in [0.1, 0.15) is 6.61 Å². The fraction of sp³-hybridized carbons (Fsp3) is 0.538. The third-order valence-electron chi connectivity index (χ3n) is 3.64. The van der Waals surface area contributed by atoms with Crippen molar-refractivity contribution in [1.29, 1.82) is 0 Å². The molecule has 0 unspecified atom stereocenters. The fourth-order valence-electron chi connectivity index (χ4n) is 2.66. The number of ether oxygens (including phenoxy) is 1. The number of rotatable bonds is 3. The molecular weight excluding hydrogens is 271 g/mol. The maximum absolute atomic E-state index is 12.3. The predicted molar refractivity (Wildman–Crippen MR) is 65.0 cm³/mol. The van der Waals surface area contributed by atoms with Gasteiger partial charge in [0.15, 0.2) is 5.69 Å². The Kier molecular flexibility index (Phi) is 3.27. The molecule has 2 aliphatic rings. The van der Waals surface area contributed by atoms with Crippen molar-refractivity contribution in [3.8, 4) is 5.88 Å². The molecule has 0 N–H and O–H groups in total. The van der Waals surface area contributed by atoms with Gasteiger partial charge in [-0.1, -0.05) is 6.08 Å². The number of hydrogen-bond acceptors (Lipinski definition) is 4. The Morgan fingerprint density at radius 1 is 1.30 bits per heavy atom. The van der Waals surface area contributed by atoms with Crippen LogP contribution < -0.4 is 4.74 Å². The molecule has 0 saturated carbocycles. The van der Waals surface area contributed by atoms with Gasteiger partial charge in [-0.05, 0) is 19.3 Å². The molecule has 1 aromatic rings. The molecule has 0 aromatic carbocycles. The van der Waals surface area contributed by atoms with E-state index in [-0.39, 0.29) is 11.9 Å². The van der Waals surface area contributed by atoms with Crippen molar-refractivity contribution in [3.63, 3.8) is 0 Å². The zero-order chi connectivity index (χ0) is 14.2. The average molecular weight is 285 g/mol. The molecule has 1 saturated heterocycles. The minimum atomic E-state index is -4.47. The Morgan fingerprint density at radius 2 is 2.15 bits per heavy atom. The van der Waals surface area contributed by atoms with Crippen LogP contribution in [0.1, 0.15) is 25.0 Å². The lowest BCUT2D eigenvalue weighted by Gasteiger charge is -2.23. The summed E-state index contributed by atoms with van der Waals surface area (Å²) in [6.45, 7) is 1.43. The number of nitrogens with zero attached hydrogens (tertiary/aromatic N) is 3. The summed E-state index contributed by atoms with van der Waals surface area (Å²) >= 11 is 0. The number of hydrogen-bond donors (Lipinski definition) is 0. The van der Waals surface area contributed by atoms with Gasteiger partial charge in [0.2, 0.25) is 5.88 Å². The topological polar surface area (TPSA) is 38.2 Å². The SMILES string of the molecule is FC(F)(F)c1cnc(OC[C@@H]2CCC3=CCCN32)cn1. The van der Waals surface area contributed by atoms with Crippen molar-refractivity contribution in [1.82, 2.24) is 14.9 Å². The van der Waals surface area contributed by atoms with E-state index in [0.717, 1.165) is 32.0 Å². The number of fused-ring (bicyclic) bond motifs is 1. The second-order valence-electron chi connectivity index (χ2n) is 4.92. The normalized spacial score (nSPS) is 21.9. The number of aromatic nitrogens is 2. The van der Waals surface area contributed by atoms with Gasteiger partial charge in [0, 0.05) is 12.2 Å². The van der Waals surface area contributed by atoms with Crippen LogP contribution in [0.4, 0.5) is 13.2 Å². The molecule has 3 heterocycles. The highest BCUT2D eigenvalue weighted by Crippen LogP contribution is 2.32. The monoisotopic (exact) mass is 285 g/mol. The third-order valence-corrected chi connectivity index (χ3v) is 3.64. The minimum absolute atomic E-state index is 0.134. The molecule has 0 radical (unpaired) electrons. The summed E-state index contributed by atoms with van der Waals surface area (Å²) in [6.07, 6.45) is 2.62. The molecule has 7 heteroatoms. The van der Waals surface area contributed by atoms with E-state index in [2.05, 4.69) is 20.9 Å². The molecular formula is C13H14F3N3O. The lowest BCUT2D eigenvalue weighted by molar-refractivity contribution is -0.141. The first-order chi connectivity index (χ1) is 9.54. The lowest BCUT2D eigenvalue weighted by Crippen LogP contribution is -2.32. The summed E-state index contributed by atoms with van der Waals surface area (Å²) in [5, 5.41) is 0. The van der Waals surface area contributed by atoms with Crippen molar-refractivity contribution in [2.24, 2.45) is 0 Å². The molecule has 1 atom stereocenters. The van der Waals surface area contributed by atoms with Crippen molar-refractivity contribution in [3.05, 3.63) is 29.9 Å². The van der Waals surface area contributed by atoms with Crippen LogP contribution in [0.25, 0.3) is 0 Å². The van der Waals surface area contributed by atoms with Crippen molar-refractivity contribution < 1.29 is 17.9 Å². The number of alkyl halides is 3. The standard InChI is InChI=1S/C13H14F3N3O/c14-13(15,16)11-6-18-12(7-17-11)20-8-10-4-3-9-2-1-5-19(9)10/h2,6-7,10H,1,3-5,8H2/t10-/m0/s1. The second-order valence-corrected chi connectivity index (χ2v) is 4.92. The van der Waals surface area contributed by atoms with E-state index in [9.17, 15) is 13.2 Å². The molecule has 1 aromatic heterocycles. The van der Waals surface area contributed by atoms with E-state index in [1.165, 1.54) is 5.70 Å². The second kappa shape index (κ2) is 4.96. The molecule has 20 heavy (non-hydrogen) atoms. The molecule has 108 valence electrons. The number of allylic oxidation sites excluding steroid dienone is 1. The van der Waals surface area contributed by atoms with Crippen LogP contribution in [0.3, 0.4) is 0 Å². The zero-order valence-electron chi connectivity index (χ0n) is 10.7. The van der Waals surface area contributed by atoms with Gasteiger partial charge >= 0.3 is 6.18 Å². The third kappa shape index (κ3) is 2.57. The zero-order valence-corrected chi connectivity index (χ0v) is 10.7. The van der Waals surface area contributed by atoms with Crippen LogP contribution in [-0.4, -0.2) is 34.1 Å². The maximum Gasteiger partial charge on any atom is 0.434 e. The summed E-state index contributed by atoms with van der Waals surface area (Å²) < 4.78 is 42.5. The van der Waals surface area contributed by atoms with Crippen molar-refractivity contribution in [2.75, 3.05) is 13.2 Å². The smallest absolute Gasteiger partial charge is 0.434 e. The van der Waals surface area contributed by atoms with Gasteiger partial charge in [0.25, 0.3) is 0 Å². The summed E-state index contributed by atoms with van der Waals surface area (Å²) in [5.41, 5.74) is 0.354. The molecule has 0 bridgehead atoms. The van der Waals surface area contributed by atoms with E-state index in [1.54, 1.807) is 0 Å². The first kappa shape index (κ1) is 13.2. The van der Waals surface area contributed by atoms with Gasteiger partial charge in [-0.15, -0.1) is 0 Å². The van der Waals surface area contributed by atoms with E-state index < -0.39 is 11.9 Å². The van der Waals surface area contributed by atoms with Crippen LogP contribution in [0.2, 0.25) is 0 Å². The first-order valence-electron chi connectivity index (χ1n) is 6.52. The van der Waals surface area contributed by atoms with Crippen molar-refractivity contribution >= 4 is 0 Å². The molecule has 3 rings (SSSR count). The quantitative estimate of drug-likeness (QED) is 0.855. The summed E-state index contributed by atoms with van der Waals surface area (Å²) in [4.78, 5) is 9.28. The summed E-state index contributed by atoms with van der Waals surface area (Å²) in [6, 6.07) is 0.285. The predicted octanol–water partition coefficient (Wildman–Crippen LogP) is 2.63. The van der Waals surface area contributed by atoms with Crippen LogP contribution in [0, 0.1) is 0 Å². The van der Waals surface area contributed by atoms with E-state index in [0.29, 0.717) is 12.8 Å². The molecule has 0 spiro atoms. The van der Waals surface area contributed by atoms with Crippen molar-refractivity contribution in [2.45, 2.75) is 31.5 Å². The molecule has 0 amide bonds. The van der Waals surface area contributed by atoms with Gasteiger partial charge < -0.3 is 9.64 Å². The van der Waals surface area contributed by atoms with Gasteiger partial charge in [-0.25, -0.2) is 9.97 Å². The Bertz CT molecular complexity index is 513. The van der Waals surface area contributed by atoms with Crippen LogP contribution in [0.15, 0.2) is 24.2 Å². The van der Waals surface area contributed by atoms with E-state index >= 15 is 0 Å². The molecule has 1 fully saturated rings. The Hall–Kier alpha value is -1.79. The molecule has 2 aliphatic heterocycles. The Labute approximate surface area is 114 Å². The van der Waals surface area contributed by atoms with Gasteiger partial charge in [-0.3, -0.25) is 0 Å². The molecule has 4 nitrogen and oxygen atoms in total. The minimum Gasteiger partial charge on any atom is -0.474 e. The van der Waals surface area contributed by atoms with Crippen LogP contribution >= 0.6 is 0 Å². The fourth-order valence-corrected chi connectivity index (χ4v) is 2.66. The van der Waals surface area contributed by atoms with Crippen LogP contribution in [-0.2, 0) is 6.18 Å². The highest BCUT2D eigenvalue weighted by atomic mass is 19.4. The lowest BCUT2D eigenvalue weighted by atomic mass is 10.2. The van der Waals surface area contributed by atoms with Gasteiger partial charge in [0.05, 0.1) is 18.4 Å². The Balaban J connectivity index is 1.58. The summed E-state index contributed by atoms with van der Waals surface area (Å²) in [7, 11) is 0. The highest BCUT2D eigenvalue weighted by Gasteiger charge is 2.33.